The number of nitrogens with zero attached hydrogens (tertiary/aromatic N) is 2. The first kappa shape index (κ1) is 15.4. The lowest BCUT2D eigenvalue weighted by Crippen LogP contribution is -2.44. The van der Waals surface area contributed by atoms with Crippen LogP contribution in [0.4, 0.5) is 0 Å². The van der Waals surface area contributed by atoms with Crippen molar-refractivity contribution in [2.24, 2.45) is 5.92 Å². The average molecular weight is 327 g/mol. The Balaban J connectivity index is 2.50. The van der Waals surface area contributed by atoms with Crippen molar-refractivity contribution < 1.29 is 8.42 Å². The SMILES string of the molecule is CC(CBr)N(C)CC1CCCN(S(C)(=O)=O)C1. The Bertz CT molecular complexity index is 334. The van der Waals surface area contributed by atoms with E-state index >= 15 is 0 Å². The molecular weight excluding hydrogens is 304 g/mol. The highest BCUT2D eigenvalue weighted by Gasteiger charge is 2.27. The van der Waals surface area contributed by atoms with Crippen molar-refractivity contribution in [1.82, 2.24) is 9.21 Å². The van der Waals surface area contributed by atoms with Crippen LogP contribution in [0.1, 0.15) is 19.8 Å². The molecule has 0 bridgehead atoms. The molecule has 1 fully saturated rings. The lowest BCUT2D eigenvalue weighted by Gasteiger charge is -2.34. The molecule has 0 N–H and O–H groups in total. The number of piperidine rings is 1. The number of sulfonamides is 1. The fourth-order valence-corrected chi connectivity index (χ4v) is 3.62. The molecule has 1 saturated heterocycles. The molecule has 1 heterocycles. The third kappa shape index (κ3) is 4.85. The Labute approximate surface area is 114 Å². The molecule has 1 aliphatic heterocycles. The minimum Gasteiger partial charge on any atom is -0.303 e. The molecule has 0 aromatic rings. The Morgan fingerprint density at radius 1 is 1.53 bits per heavy atom. The minimum atomic E-state index is -3.01. The van der Waals surface area contributed by atoms with Gasteiger partial charge in [-0.15, -0.1) is 0 Å². The Morgan fingerprint density at radius 3 is 2.71 bits per heavy atom. The zero-order valence-corrected chi connectivity index (χ0v) is 13.3. The summed E-state index contributed by atoms with van der Waals surface area (Å²) in [5.74, 6) is 0.463. The molecule has 2 atom stereocenters. The quantitative estimate of drug-likeness (QED) is 0.716. The molecule has 0 spiro atoms. The largest absolute Gasteiger partial charge is 0.303 e. The molecular formula is C11H23BrN2O2S. The molecule has 0 amide bonds. The first-order chi connectivity index (χ1) is 7.84. The van der Waals surface area contributed by atoms with Gasteiger partial charge >= 0.3 is 0 Å². The molecule has 0 aromatic carbocycles. The zero-order chi connectivity index (χ0) is 13.1. The van der Waals surface area contributed by atoms with Gasteiger partial charge in [0.15, 0.2) is 0 Å². The first-order valence-corrected chi connectivity index (χ1v) is 9.03. The van der Waals surface area contributed by atoms with Crippen molar-refractivity contribution in [2.75, 3.05) is 38.3 Å². The molecule has 1 aliphatic rings. The Hall–Kier alpha value is 0.350. The summed E-state index contributed by atoms with van der Waals surface area (Å²) in [6, 6.07) is 0.489. The number of alkyl halides is 1. The summed E-state index contributed by atoms with van der Waals surface area (Å²) < 4.78 is 24.6. The van der Waals surface area contributed by atoms with Gasteiger partial charge in [0.2, 0.25) is 10.0 Å². The second-order valence-corrected chi connectivity index (χ2v) is 7.70. The summed E-state index contributed by atoms with van der Waals surface area (Å²) in [5.41, 5.74) is 0. The normalized spacial score (nSPS) is 25.1. The number of halogens is 1. The van der Waals surface area contributed by atoms with Crippen molar-refractivity contribution >= 4 is 26.0 Å². The molecule has 0 aliphatic carbocycles. The summed E-state index contributed by atoms with van der Waals surface area (Å²) in [5, 5.41) is 0.950. The highest BCUT2D eigenvalue weighted by atomic mass is 79.9. The Morgan fingerprint density at radius 2 is 2.18 bits per heavy atom. The maximum Gasteiger partial charge on any atom is 0.211 e. The minimum absolute atomic E-state index is 0.463. The van der Waals surface area contributed by atoms with E-state index in [0.717, 1.165) is 24.7 Å². The van der Waals surface area contributed by atoms with Crippen LogP contribution in [0.5, 0.6) is 0 Å². The zero-order valence-electron chi connectivity index (χ0n) is 10.9. The maximum atomic E-state index is 11.5. The Kier molecular flexibility index (Phi) is 5.89. The molecule has 6 heteroatoms. The van der Waals surface area contributed by atoms with Crippen molar-refractivity contribution in [3.05, 3.63) is 0 Å². The summed E-state index contributed by atoms with van der Waals surface area (Å²) in [6.45, 7) is 4.51. The van der Waals surface area contributed by atoms with Gasteiger partial charge < -0.3 is 4.90 Å². The van der Waals surface area contributed by atoms with E-state index in [9.17, 15) is 8.42 Å². The standard InChI is InChI=1S/C11H23BrN2O2S/c1-10(7-12)13(2)8-11-5-4-6-14(9-11)17(3,15)16/h10-11H,4-9H2,1-3H3. The van der Waals surface area contributed by atoms with Gasteiger partial charge in [0.05, 0.1) is 6.26 Å². The van der Waals surface area contributed by atoms with E-state index in [2.05, 4.69) is 34.8 Å². The van der Waals surface area contributed by atoms with Gasteiger partial charge in [-0.3, -0.25) is 0 Å². The van der Waals surface area contributed by atoms with E-state index in [4.69, 9.17) is 0 Å². The van der Waals surface area contributed by atoms with Crippen LogP contribution in [0, 0.1) is 5.92 Å². The van der Waals surface area contributed by atoms with Crippen LogP contribution in [-0.2, 0) is 10.0 Å². The van der Waals surface area contributed by atoms with Gasteiger partial charge in [-0.2, -0.15) is 0 Å². The van der Waals surface area contributed by atoms with E-state index in [1.807, 2.05) is 0 Å². The molecule has 0 saturated carbocycles. The van der Waals surface area contributed by atoms with Crippen LogP contribution < -0.4 is 0 Å². The lowest BCUT2D eigenvalue weighted by molar-refractivity contribution is 0.180. The van der Waals surface area contributed by atoms with Gasteiger partial charge in [-0.1, -0.05) is 15.9 Å². The van der Waals surface area contributed by atoms with E-state index in [1.54, 1.807) is 4.31 Å². The topological polar surface area (TPSA) is 40.6 Å². The summed E-state index contributed by atoms with van der Waals surface area (Å²) in [4.78, 5) is 2.30. The van der Waals surface area contributed by atoms with Crippen LogP contribution in [0.15, 0.2) is 0 Å². The molecule has 0 aromatic heterocycles. The second-order valence-electron chi connectivity index (χ2n) is 5.07. The lowest BCUT2D eigenvalue weighted by atomic mass is 9.99. The molecule has 4 nitrogen and oxygen atoms in total. The fraction of sp³-hybridized carbons (Fsp3) is 1.00. The van der Waals surface area contributed by atoms with E-state index < -0.39 is 10.0 Å². The van der Waals surface area contributed by atoms with Crippen molar-refractivity contribution in [2.45, 2.75) is 25.8 Å². The van der Waals surface area contributed by atoms with Gasteiger partial charge in [0, 0.05) is 31.0 Å². The molecule has 1 rings (SSSR count). The number of rotatable bonds is 5. The van der Waals surface area contributed by atoms with Crippen LogP contribution in [0.25, 0.3) is 0 Å². The molecule has 0 radical (unpaired) electrons. The molecule has 102 valence electrons. The highest BCUT2D eigenvalue weighted by Crippen LogP contribution is 2.20. The summed E-state index contributed by atoms with van der Waals surface area (Å²) in [7, 11) is -0.912. The van der Waals surface area contributed by atoms with Gasteiger partial charge in [0.25, 0.3) is 0 Å². The summed E-state index contributed by atoms with van der Waals surface area (Å²) >= 11 is 3.48. The monoisotopic (exact) mass is 326 g/mol. The predicted octanol–water partition coefficient (Wildman–Crippen LogP) is 1.37. The predicted molar refractivity (Wildman–Crippen MR) is 75.0 cm³/mol. The maximum absolute atomic E-state index is 11.5. The van der Waals surface area contributed by atoms with Crippen LogP contribution in [0.3, 0.4) is 0 Å². The molecule has 2 unspecified atom stereocenters. The third-order valence-corrected chi connectivity index (χ3v) is 5.68. The van der Waals surface area contributed by atoms with Gasteiger partial charge in [0.1, 0.15) is 0 Å². The van der Waals surface area contributed by atoms with Crippen LogP contribution >= 0.6 is 15.9 Å². The van der Waals surface area contributed by atoms with Crippen LogP contribution in [-0.4, -0.2) is 61.9 Å². The second kappa shape index (κ2) is 6.50. The average Bonchev–Trinajstić information content (AvgIpc) is 2.27. The van der Waals surface area contributed by atoms with E-state index in [1.165, 1.54) is 6.26 Å². The van der Waals surface area contributed by atoms with Crippen molar-refractivity contribution in [3.8, 4) is 0 Å². The van der Waals surface area contributed by atoms with Crippen LogP contribution in [0.2, 0.25) is 0 Å². The first-order valence-electron chi connectivity index (χ1n) is 6.06. The van der Waals surface area contributed by atoms with E-state index in [0.29, 0.717) is 25.0 Å². The third-order valence-electron chi connectivity index (χ3n) is 3.47. The van der Waals surface area contributed by atoms with Crippen molar-refractivity contribution in [3.63, 3.8) is 0 Å². The summed E-state index contributed by atoms with van der Waals surface area (Å²) in [6.07, 6.45) is 3.42. The number of hydrogen-bond acceptors (Lipinski definition) is 3. The van der Waals surface area contributed by atoms with Gasteiger partial charge in [-0.25, -0.2) is 12.7 Å². The highest BCUT2D eigenvalue weighted by molar-refractivity contribution is 9.09. The molecule has 17 heavy (non-hydrogen) atoms. The van der Waals surface area contributed by atoms with Gasteiger partial charge in [-0.05, 0) is 32.7 Å². The smallest absolute Gasteiger partial charge is 0.211 e. The van der Waals surface area contributed by atoms with Crippen molar-refractivity contribution in [1.29, 1.82) is 0 Å². The van der Waals surface area contributed by atoms with E-state index in [-0.39, 0.29) is 0 Å². The fourth-order valence-electron chi connectivity index (χ4n) is 2.18. The number of hydrogen-bond donors (Lipinski definition) is 0.